The van der Waals surface area contributed by atoms with Crippen molar-refractivity contribution in [2.45, 2.75) is 25.9 Å². The van der Waals surface area contributed by atoms with Crippen molar-refractivity contribution < 1.29 is 13.9 Å². The predicted molar refractivity (Wildman–Crippen MR) is 109 cm³/mol. The largest absolute Gasteiger partial charge is 0.461 e. The van der Waals surface area contributed by atoms with Crippen LogP contribution in [0, 0.1) is 0 Å². The van der Waals surface area contributed by atoms with Gasteiger partial charge in [0.05, 0.1) is 17.3 Å². The second-order valence-corrected chi connectivity index (χ2v) is 6.73. The summed E-state index contributed by atoms with van der Waals surface area (Å²) in [5.74, 6) is 1.42. The minimum absolute atomic E-state index is 0.171. The zero-order chi connectivity index (χ0) is 20.2. The van der Waals surface area contributed by atoms with Gasteiger partial charge in [-0.2, -0.15) is 0 Å². The smallest absolute Gasteiger partial charge is 0.306 e. The summed E-state index contributed by atoms with van der Waals surface area (Å²) < 4.78 is 11.2. The number of nitrogens with one attached hydrogen (secondary N) is 1. The predicted octanol–water partition coefficient (Wildman–Crippen LogP) is 4.42. The van der Waals surface area contributed by atoms with Gasteiger partial charge in [-0.05, 0) is 31.2 Å². The molecule has 0 spiro atoms. The highest BCUT2D eigenvalue weighted by atomic mass is 16.5. The number of ether oxygens (including phenoxy) is 1. The summed E-state index contributed by atoms with van der Waals surface area (Å²) in [5.41, 5.74) is 1.30. The Labute approximate surface area is 167 Å². The fraction of sp³-hybridized carbons (Fsp3) is 0.174. The molecule has 6 heteroatoms. The van der Waals surface area contributed by atoms with E-state index in [-0.39, 0.29) is 17.9 Å². The lowest BCUT2D eigenvalue weighted by Gasteiger charge is -2.12. The number of carbonyl (C=O) groups excluding carboxylic acids is 1. The number of aromatic nitrogens is 2. The zero-order valence-electron chi connectivity index (χ0n) is 15.9. The Balaban J connectivity index is 1.38. The number of furan rings is 1. The SMILES string of the molecule is CC(OC(=O)CCc1ccc(-c2ccccc2)o1)c1nc2ccccc2c(=O)[nH]1. The first-order valence-electron chi connectivity index (χ1n) is 9.43. The molecule has 146 valence electrons. The van der Waals surface area contributed by atoms with Crippen LogP contribution in [0.15, 0.2) is 75.9 Å². The number of esters is 1. The van der Waals surface area contributed by atoms with Crippen LogP contribution in [0.5, 0.6) is 0 Å². The first-order valence-corrected chi connectivity index (χ1v) is 9.43. The van der Waals surface area contributed by atoms with E-state index in [1.807, 2.05) is 48.5 Å². The Bertz CT molecular complexity index is 1190. The monoisotopic (exact) mass is 388 g/mol. The Morgan fingerprint density at radius 3 is 2.66 bits per heavy atom. The molecule has 0 fully saturated rings. The third kappa shape index (κ3) is 4.27. The van der Waals surface area contributed by atoms with E-state index >= 15 is 0 Å². The number of aryl methyl sites for hydroxylation is 1. The van der Waals surface area contributed by atoms with Crippen LogP contribution in [-0.2, 0) is 16.0 Å². The van der Waals surface area contributed by atoms with Crippen LogP contribution in [0.4, 0.5) is 0 Å². The number of carbonyl (C=O) groups is 1. The molecule has 2 heterocycles. The first kappa shape index (κ1) is 18.7. The van der Waals surface area contributed by atoms with Crippen molar-refractivity contribution in [2.24, 2.45) is 0 Å². The molecule has 0 aliphatic heterocycles. The quantitative estimate of drug-likeness (QED) is 0.494. The summed E-state index contributed by atoms with van der Waals surface area (Å²) in [6.07, 6.45) is -0.0551. The second-order valence-electron chi connectivity index (χ2n) is 6.73. The number of nitrogens with zero attached hydrogens (tertiary/aromatic N) is 1. The summed E-state index contributed by atoms with van der Waals surface area (Å²) >= 11 is 0. The highest BCUT2D eigenvalue weighted by molar-refractivity contribution is 5.77. The minimum atomic E-state index is -0.656. The third-order valence-corrected chi connectivity index (χ3v) is 4.62. The lowest BCUT2D eigenvalue weighted by Crippen LogP contribution is -2.17. The standard InChI is InChI=1S/C23H20N2O4/c1-15(22-24-19-10-6-5-9-18(19)23(27)25-22)28-21(26)14-12-17-11-13-20(29-17)16-7-3-2-4-8-16/h2-11,13,15H,12,14H2,1H3,(H,24,25,27). The molecule has 29 heavy (non-hydrogen) atoms. The van der Waals surface area contributed by atoms with Crippen LogP contribution in [0.25, 0.3) is 22.2 Å². The average Bonchev–Trinajstić information content (AvgIpc) is 3.22. The van der Waals surface area contributed by atoms with Gasteiger partial charge in [-0.1, -0.05) is 42.5 Å². The molecule has 2 aromatic heterocycles. The number of H-pyrrole nitrogens is 1. The van der Waals surface area contributed by atoms with Crippen LogP contribution in [0.2, 0.25) is 0 Å². The van der Waals surface area contributed by atoms with Gasteiger partial charge in [0, 0.05) is 12.0 Å². The van der Waals surface area contributed by atoms with E-state index in [2.05, 4.69) is 9.97 Å². The summed E-state index contributed by atoms with van der Waals surface area (Å²) in [7, 11) is 0. The van der Waals surface area contributed by atoms with Gasteiger partial charge >= 0.3 is 5.97 Å². The van der Waals surface area contributed by atoms with Crippen molar-refractivity contribution >= 4 is 16.9 Å². The highest BCUT2D eigenvalue weighted by Gasteiger charge is 2.16. The molecule has 6 nitrogen and oxygen atoms in total. The minimum Gasteiger partial charge on any atom is -0.461 e. The molecule has 0 aliphatic rings. The Hall–Kier alpha value is -3.67. The Morgan fingerprint density at radius 1 is 1.07 bits per heavy atom. The third-order valence-electron chi connectivity index (χ3n) is 4.62. The summed E-state index contributed by atoms with van der Waals surface area (Å²) in [5, 5.41) is 0.502. The van der Waals surface area contributed by atoms with E-state index in [9.17, 15) is 9.59 Å². The first-order chi connectivity index (χ1) is 14.1. The van der Waals surface area contributed by atoms with Crippen molar-refractivity contribution in [3.8, 4) is 11.3 Å². The molecule has 2 aromatic carbocycles. The number of para-hydroxylation sites is 1. The van der Waals surface area contributed by atoms with E-state index in [0.29, 0.717) is 28.9 Å². The van der Waals surface area contributed by atoms with Gasteiger partial charge in [0.15, 0.2) is 11.9 Å². The van der Waals surface area contributed by atoms with Crippen molar-refractivity contribution in [1.82, 2.24) is 9.97 Å². The van der Waals surface area contributed by atoms with Gasteiger partial charge < -0.3 is 14.1 Å². The fourth-order valence-electron chi connectivity index (χ4n) is 3.10. The summed E-state index contributed by atoms with van der Waals surface area (Å²) in [6.45, 7) is 1.69. The maximum atomic E-state index is 12.2. The lowest BCUT2D eigenvalue weighted by atomic mass is 10.2. The van der Waals surface area contributed by atoms with Crippen molar-refractivity contribution in [3.63, 3.8) is 0 Å². The van der Waals surface area contributed by atoms with E-state index in [1.165, 1.54) is 0 Å². The molecule has 1 N–H and O–H groups in total. The molecular weight excluding hydrogens is 368 g/mol. The maximum absolute atomic E-state index is 12.2. The van der Waals surface area contributed by atoms with Crippen molar-refractivity contribution in [2.75, 3.05) is 0 Å². The second kappa shape index (κ2) is 8.14. The van der Waals surface area contributed by atoms with E-state index in [4.69, 9.17) is 9.15 Å². The molecule has 0 radical (unpaired) electrons. The average molecular weight is 388 g/mol. The van der Waals surface area contributed by atoms with Crippen LogP contribution in [0.1, 0.15) is 31.0 Å². The van der Waals surface area contributed by atoms with Gasteiger partial charge in [-0.3, -0.25) is 9.59 Å². The number of fused-ring (bicyclic) bond motifs is 1. The molecule has 0 saturated carbocycles. The molecule has 1 unspecified atom stereocenters. The lowest BCUT2D eigenvalue weighted by molar-refractivity contribution is -0.149. The van der Waals surface area contributed by atoms with Crippen molar-refractivity contribution in [1.29, 1.82) is 0 Å². The summed E-state index contributed by atoms with van der Waals surface area (Å²) in [6, 6.07) is 20.6. The van der Waals surface area contributed by atoms with E-state index in [0.717, 1.165) is 11.3 Å². The molecule has 0 aliphatic carbocycles. The number of benzene rings is 2. The van der Waals surface area contributed by atoms with Gasteiger partial charge in [0.2, 0.25) is 0 Å². The number of aromatic amines is 1. The van der Waals surface area contributed by atoms with Gasteiger partial charge in [0.25, 0.3) is 5.56 Å². The zero-order valence-corrected chi connectivity index (χ0v) is 15.9. The molecule has 0 bridgehead atoms. The highest BCUT2D eigenvalue weighted by Crippen LogP contribution is 2.23. The topological polar surface area (TPSA) is 85.2 Å². The van der Waals surface area contributed by atoms with Gasteiger partial charge in [-0.15, -0.1) is 0 Å². The fourth-order valence-corrected chi connectivity index (χ4v) is 3.10. The van der Waals surface area contributed by atoms with E-state index in [1.54, 1.807) is 25.1 Å². The maximum Gasteiger partial charge on any atom is 0.306 e. The van der Waals surface area contributed by atoms with Gasteiger partial charge in [0.1, 0.15) is 11.5 Å². The molecule has 4 rings (SSSR count). The van der Waals surface area contributed by atoms with Crippen LogP contribution >= 0.6 is 0 Å². The number of hydrogen-bond donors (Lipinski definition) is 1. The molecular formula is C23H20N2O4. The molecule has 0 saturated heterocycles. The Morgan fingerprint density at radius 2 is 1.83 bits per heavy atom. The van der Waals surface area contributed by atoms with Crippen LogP contribution < -0.4 is 5.56 Å². The Kier molecular flexibility index (Phi) is 5.24. The molecule has 4 aromatic rings. The van der Waals surface area contributed by atoms with Crippen LogP contribution in [-0.4, -0.2) is 15.9 Å². The van der Waals surface area contributed by atoms with Crippen LogP contribution in [0.3, 0.4) is 0 Å². The van der Waals surface area contributed by atoms with Gasteiger partial charge in [-0.25, -0.2) is 4.98 Å². The number of rotatable bonds is 6. The normalized spacial score (nSPS) is 12.0. The molecule has 0 amide bonds. The summed E-state index contributed by atoms with van der Waals surface area (Å²) in [4.78, 5) is 31.5. The van der Waals surface area contributed by atoms with E-state index < -0.39 is 6.10 Å². The molecule has 1 atom stereocenters. The van der Waals surface area contributed by atoms with Crippen molar-refractivity contribution in [3.05, 3.63) is 88.7 Å². The number of hydrogen-bond acceptors (Lipinski definition) is 5.